The Morgan fingerprint density at radius 1 is 1.12 bits per heavy atom. The van der Waals surface area contributed by atoms with Crippen LogP contribution in [0, 0.1) is 28.4 Å². The minimum Gasteiger partial charge on any atom is -0.339 e. The van der Waals surface area contributed by atoms with Crippen LogP contribution in [0.1, 0.15) is 25.7 Å². The van der Waals surface area contributed by atoms with E-state index in [4.69, 9.17) is 0 Å². The van der Waals surface area contributed by atoms with Crippen LogP contribution in [0.4, 0.5) is 8.78 Å². The number of benzene rings is 1. The average Bonchev–Trinajstić information content (AvgIpc) is 3.11. The Hall–Kier alpha value is -2.05. The normalized spacial score (nSPS) is 20.7. The number of hydrogen-bond donors (Lipinski definition) is 0. The molecule has 0 aromatic heterocycles. The van der Waals surface area contributed by atoms with Crippen molar-refractivity contribution >= 4 is 15.9 Å². The lowest BCUT2D eigenvalue weighted by atomic mass is 9.86. The molecule has 2 fully saturated rings. The van der Waals surface area contributed by atoms with E-state index in [1.54, 1.807) is 0 Å². The molecule has 140 valence electrons. The Morgan fingerprint density at radius 2 is 1.73 bits per heavy atom. The predicted molar refractivity (Wildman–Crippen MR) is 88.2 cm³/mol. The first-order chi connectivity index (χ1) is 12.3. The number of nitriles is 1. The minimum atomic E-state index is -4.11. The molecule has 1 aliphatic heterocycles. The zero-order chi connectivity index (χ0) is 18.9. The molecule has 1 saturated heterocycles. The standard InChI is InChI=1S/C17H19F2N3O3S/c18-13-3-4-15(14(19)11-13)26(24,25)22-9-7-21(8-10-22)16(23)17(12-20)5-1-2-6-17/h3-4,11H,1-2,5-10H2. The first kappa shape index (κ1) is 18.7. The van der Waals surface area contributed by atoms with Crippen molar-refractivity contribution in [3.8, 4) is 6.07 Å². The maximum Gasteiger partial charge on any atom is 0.246 e. The summed E-state index contributed by atoms with van der Waals surface area (Å²) in [6.07, 6.45) is 2.72. The van der Waals surface area contributed by atoms with Crippen LogP contribution in [0.5, 0.6) is 0 Å². The number of rotatable bonds is 3. The molecule has 0 atom stereocenters. The molecule has 26 heavy (non-hydrogen) atoms. The van der Waals surface area contributed by atoms with E-state index in [1.807, 2.05) is 0 Å². The Kier molecular flexibility index (Phi) is 4.99. The molecule has 0 spiro atoms. The Balaban J connectivity index is 1.72. The lowest BCUT2D eigenvalue weighted by molar-refractivity contribution is -0.140. The molecule has 9 heteroatoms. The third-order valence-electron chi connectivity index (χ3n) is 5.12. The zero-order valence-electron chi connectivity index (χ0n) is 14.1. The topological polar surface area (TPSA) is 81.5 Å². The van der Waals surface area contributed by atoms with Crippen molar-refractivity contribution in [1.82, 2.24) is 9.21 Å². The Labute approximate surface area is 151 Å². The fourth-order valence-corrected chi connectivity index (χ4v) is 5.08. The van der Waals surface area contributed by atoms with Crippen LogP contribution in [0.3, 0.4) is 0 Å². The Bertz CT molecular complexity index is 852. The van der Waals surface area contributed by atoms with E-state index in [-0.39, 0.29) is 32.1 Å². The summed E-state index contributed by atoms with van der Waals surface area (Å²) in [5.41, 5.74) is -0.996. The lowest BCUT2D eigenvalue weighted by Gasteiger charge is -2.37. The van der Waals surface area contributed by atoms with Gasteiger partial charge >= 0.3 is 0 Å². The van der Waals surface area contributed by atoms with Crippen molar-refractivity contribution in [2.24, 2.45) is 5.41 Å². The molecule has 1 amide bonds. The monoisotopic (exact) mass is 383 g/mol. The fraction of sp³-hybridized carbons (Fsp3) is 0.529. The first-order valence-corrected chi connectivity index (χ1v) is 9.90. The smallest absolute Gasteiger partial charge is 0.246 e. The summed E-state index contributed by atoms with van der Waals surface area (Å²) in [4.78, 5) is 13.6. The van der Waals surface area contributed by atoms with Gasteiger partial charge in [-0.2, -0.15) is 9.57 Å². The van der Waals surface area contributed by atoms with Crippen LogP contribution in [0.15, 0.2) is 23.1 Å². The van der Waals surface area contributed by atoms with Crippen LogP contribution >= 0.6 is 0 Å². The van der Waals surface area contributed by atoms with Crippen molar-refractivity contribution in [2.75, 3.05) is 26.2 Å². The second kappa shape index (κ2) is 6.93. The van der Waals surface area contributed by atoms with Crippen LogP contribution in [0.25, 0.3) is 0 Å². The maximum atomic E-state index is 13.9. The van der Waals surface area contributed by atoms with Crippen molar-refractivity contribution < 1.29 is 22.0 Å². The van der Waals surface area contributed by atoms with E-state index in [0.717, 1.165) is 29.3 Å². The molecule has 1 aliphatic carbocycles. The van der Waals surface area contributed by atoms with E-state index >= 15 is 0 Å². The molecule has 1 aromatic carbocycles. The Morgan fingerprint density at radius 3 is 2.27 bits per heavy atom. The van der Waals surface area contributed by atoms with Crippen molar-refractivity contribution in [3.63, 3.8) is 0 Å². The largest absolute Gasteiger partial charge is 0.339 e. The highest BCUT2D eigenvalue weighted by Crippen LogP contribution is 2.39. The number of hydrogen-bond acceptors (Lipinski definition) is 4. The van der Waals surface area contributed by atoms with Gasteiger partial charge in [0.2, 0.25) is 15.9 Å². The van der Waals surface area contributed by atoms with E-state index < -0.39 is 32.0 Å². The summed E-state index contributed by atoms with van der Waals surface area (Å²) >= 11 is 0. The van der Waals surface area contributed by atoms with Gasteiger partial charge in [-0.1, -0.05) is 12.8 Å². The number of carbonyl (C=O) groups is 1. The lowest BCUT2D eigenvalue weighted by Crippen LogP contribution is -2.53. The molecule has 6 nitrogen and oxygen atoms in total. The number of piperazine rings is 1. The molecule has 1 aromatic rings. The van der Waals surface area contributed by atoms with Gasteiger partial charge in [-0.05, 0) is 25.0 Å². The predicted octanol–water partition coefficient (Wildman–Crippen LogP) is 1.88. The molecular weight excluding hydrogens is 364 g/mol. The molecule has 1 saturated carbocycles. The van der Waals surface area contributed by atoms with Crippen LogP contribution in [-0.2, 0) is 14.8 Å². The number of halogens is 2. The molecular formula is C17H19F2N3O3S. The van der Waals surface area contributed by atoms with Crippen molar-refractivity contribution in [1.29, 1.82) is 5.26 Å². The van der Waals surface area contributed by atoms with Gasteiger partial charge in [-0.25, -0.2) is 17.2 Å². The van der Waals surface area contributed by atoms with Crippen molar-refractivity contribution in [2.45, 2.75) is 30.6 Å². The minimum absolute atomic E-state index is 0.00635. The van der Waals surface area contributed by atoms with Gasteiger partial charge in [0.25, 0.3) is 0 Å². The van der Waals surface area contributed by atoms with Gasteiger partial charge in [0.05, 0.1) is 6.07 Å². The number of nitrogens with zero attached hydrogens (tertiary/aromatic N) is 3. The molecule has 0 unspecified atom stereocenters. The summed E-state index contributed by atoms with van der Waals surface area (Å²) < 4.78 is 53.1. The zero-order valence-corrected chi connectivity index (χ0v) is 14.9. The molecule has 1 heterocycles. The molecule has 0 N–H and O–H groups in total. The molecule has 0 bridgehead atoms. The summed E-state index contributed by atoms with van der Waals surface area (Å²) in [7, 11) is -4.11. The van der Waals surface area contributed by atoms with Crippen LogP contribution in [0.2, 0.25) is 0 Å². The summed E-state index contributed by atoms with van der Waals surface area (Å²) in [6.45, 7) is 0.299. The molecule has 3 rings (SSSR count). The van der Waals surface area contributed by atoms with Gasteiger partial charge in [-0.15, -0.1) is 0 Å². The second-order valence-electron chi connectivity index (χ2n) is 6.67. The summed E-state index contributed by atoms with van der Waals surface area (Å²) in [5, 5.41) is 9.42. The van der Waals surface area contributed by atoms with E-state index in [2.05, 4.69) is 6.07 Å². The van der Waals surface area contributed by atoms with E-state index in [1.165, 1.54) is 4.90 Å². The van der Waals surface area contributed by atoms with Gasteiger partial charge in [0, 0.05) is 32.2 Å². The third-order valence-corrected chi connectivity index (χ3v) is 7.05. The molecule has 0 radical (unpaired) electrons. The summed E-state index contributed by atoms with van der Waals surface area (Å²) in [5.74, 6) is -2.24. The van der Waals surface area contributed by atoms with E-state index in [0.29, 0.717) is 18.9 Å². The average molecular weight is 383 g/mol. The van der Waals surface area contributed by atoms with Crippen molar-refractivity contribution in [3.05, 3.63) is 29.8 Å². The van der Waals surface area contributed by atoms with Gasteiger partial charge in [-0.3, -0.25) is 4.79 Å². The number of amides is 1. The SMILES string of the molecule is N#CC1(C(=O)N2CCN(S(=O)(=O)c3ccc(F)cc3F)CC2)CCCC1. The van der Waals surface area contributed by atoms with Crippen LogP contribution in [-0.4, -0.2) is 49.7 Å². The molecule has 2 aliphatic rings. The van der Waals surface area contributed by atoms with Gasteiger partial charge in [0.1, 0.15) is 21.9 Å². The van der Waals surface area contributed by atoms with E-state index in [9.17, 15) is 27.3 Å². The number of sulfonamides is 1. The quantitative estimate of drug-likeness (QED) is 0.798. The van der Waals surface area contributed by atoms with Gasteiger partial charge in [0.15, 0.2) is 0 Å². The fourth-order valence-electron chi connectivity index (χ4n) is 3.61. The third kappa shape index (κ3) is 3.19. The van der Waals surface area contributed by atoms with Gasteiger partial charge < -0.3 is 4.90 Å². The second-order valence-corrected chi connectivity index (χ2v) is 8.58. The number of carbonyl (C=O) groups excluding carboxylic acids is 1. The van der Waals surface area contributed by atoms with Crippen LogP contribution < -0.4 is 0 Å². The highest BCUT2D eigenvalue weighted by molar-refractivity contribution is 7.89. The highest BCUT2D eigenvalue weighted by atomic mass is 32.2. The first-order valence-electron chi connectivity index (χ1n) is 8.46. The summed E-state index contributed by atoms with van der Waals surface area (Å²) in [6, 6.07) is 4.48. The highest BCUT2D eigenvalue weighted by Gasteiger charge is 2.45. The maximum absolute atomic E-state index is 13.9.